The second-order valence-electron chi connectivity index (χ2n) is 31.0. The summed E-state index contributed by atoms with van der Waals surface area (Å²) in [4.78, 5) is 13.5. The first-order valence-corrected chi connectivity index (χ1v) is 44.7. The van der Waals surface area contributed by atoms with Gasteiger partial charge in [0.1, 0.15) is 73.2 Å². The van der Waals surface area contributed by atoms with Gasteiger partial charge in [-0.15, -0.1) is 0 Å². The molecular formula is C95H159NO18. The first-order chi connectivity index (χ1) is 55.8. The predicted octanol–water partition coefficient (Wildman–Crippen LogP) is 17.1. The highest BCUT2D eigenvalue weighted by atomic mass is 16.8. The Balaban J connectivity index is 1.37. The lowest BCUT2D eigenvalue weighted by Gasteiger charge is -2.48. The molecule has 1 amide bonds. The van der Waals surface area contributed by atoms with Crippen LogP contribution in [0.15, 0.2) is 158 Å². The smallest absolute Gasteiger partial charge is 0.220 e. The molecule has 0 aromatic heterocycles. The summed E-state index contributed by atoms with van der Waals surface area (Å²) in [5.41, 5.74) is 0. The quantitative estimate of drug-likeness (QED) is 0.0199. The van der Waals surface area contributed by atoms with Crippen LogP contribution < -0.4 is 5.32 Å². The van der Waals surface area contributed by atoms with Crippen LogP contribution in [-0.2, 0) is 33.2 Å². The largest absolute Gasteiger partial charge is 0.394 e. The number of hydrogen-bond acceptors (Lipinski definition) is 18. The van der Waals surface area contributed by atoms with Crippen molar-refractivity contribution in [2.45, 2.75) is 407 Å². The Morgan fingerprint density at radius 2 is 0.614 bits per heavy atom. The maximum Gasteiger partial charge on any atom is 0.220 e. The highest BCUT2D eigenvalue weighted by Crippen LogP contribution is 2.33. The van der Waals surface area contributed by atoms with Crippen molar-refractivity contribution in [2.24, 2.45) is 0 Å². The molecule has 652 valence electrons. The fourth-order valence-electron chi connectivity index (χ4n) is 14.0. The Morgan fingerprint density at radius 3 is 0.982 bits per heavy atom. The van der Waals surface area contributed by atoms with Crippen molar-refractivity contribution >= 4 is 5.91 Å². The Bertz CT molecular complexity index is 2680. The molecule has 0 saturated carbocycles. The van der Waals surface area contributed by atoms with E-state index in [1.807, 2.05) is 6.08 Å². The average molecular weight is 1600 g/mol. The number of carbonyl (C=O) groups excluding carboxylic acids is 1. The number of aliphatic hydroxyl groups is 11. The molecule has 0 aromatic rings. The number of rotatable bonds is 70. The van der Waals surface area contributed by atoms with E-state index in [0.29, 0.717) is 12.8 Å². The maximum absolute atomic E-state index is 13.5. The van der Waals surface area contributed by atoms with Gasteiger partial charge in [0, 0.05) is 6.42 Å². The van der Waals surface area contributed by atoms with Gasteiger partial charge >= 0.3 is 0 Å². The van der Waals surface area contributed by atoms with Crippen LogP contribution in [0.3, 0.4) is 0 Å². The fraction of sp³-hybridized carbons (Fsp3) is 0.716. The van der Waals surface area contributed by atoms with Gasteiger partial charge in [0.05, 0.1) is 38.6 Å². The fourth-order valence-corrected chi connectivity index (χ4v) is 14.0. The molecule has 3 aliphatic rings. The molecule has 3 rings (SSSR count). The van der Waals surface area contributed by atoms with Crippen LogP contribution in [-0.4, -0.2) is 193 Å². The van der Waals surface area contributed by atoms with Crippen molar-refractivity contribution in [2.75, 3.05) is 26.4 Å². The molecule has 17 unspecified atom stereocenters. The van der Waals surface area contributed by atoms with Crippen molar-refractivity contribution < 1.29 is 89.4 Å². The molecule has 0 bridgehead atoms. The van der Waals surface area contributed by atoms with E-state index in [-0.39, 0.29) is 18.9 Å². The van der Waals surface area contributed by atoms with Crippen molar-refractivity contribution in [3.05, 3.63) is 158 Å². The molecule has 0 aromatic carbocycles. The van der Waals surface area contributed by atoms with Crippen molar-refractivity contribution in [3.63, 3.8) is 0 Å². The molecule has 0 aliphatic carbocycles. The van der Waals surface area contributed by atoms with Gasteiger partial charge in [-0.25, -0.2) is 0 Å². The van der Waals surface area contributed by atoms with Gasteiger partial charge in [0.2, 0.25) is 5.91 Å². The number of allylic oxidation sites excluding steroid dienone is 25. The molecule has 19 nitrogen and oxygen atoms in total. The third-order valence-electron chi connectivity index (χ3n) is 21.0. The van der Waals surface area contributed by atoms with Crippen LogP contribution in [0.5, 0.6) is 0 Å². The summed E-state index contributed by atoms with van der Waals surface area (Å²) < 4.78 is 34.5. The Labute approximate surface area is 688 Å². The highest BCUT2D eigenvalue weighted by molar-refractivity contribution is 5.76. The van der Waals surface area contributed by atoms with E-state index in [0.717, 1.165) is 128 Å². The predicted molar refractivity (Wildman–Crippen MR) is 461 cm³/mol. The number of ether oxygens (including phenoxy) is 6. The average Bonchev–Trinajstić information content (AvgIpc) is 0.777. The molecule has 17 atom stereocenters. The van der Waals surface area contributed by atoms with Crippen molar-refractivity contribution in [1.29, 1.82) is 0 Å². The van der Waals surface area contributed by atoms with E-state index in [1.165, 1.54) is 141 Å². The van der Waals surface area contributed by atoms with E-state index in [1.54, 1.807) is 6.08 Å². The lowest BCUT2D eigenvalue weighted by Crippen LogP contribution is -2.66. The number of carbonyl (C=O) groups is 1. The number of nitrogens with one attached hydrogen (secondary N) is 1. The molecule has 0 spiro atoms. The summed E-state index contributed by atoms with van der Waals surface area (Å²) in [5.74, 6) is -0.308. The topological polar surface area (TPSA) is 307 Å². The van der Waals surface area contributed by atoms with Gasteiger partial charge in [-0.3, -0.25) is 4.79 Å². The summed E-state index contributed by atoms with van der Waals surface area (Å²) in [7, 11) is 0. The lowest BCUT2D eigenvalue weighted by atomic mass is 9.96. The van der Waals surface area contributed by atoms with Crippen LogP contribution in [0, 0.1) is 0 Å². The minimum absolute atomic E-state index is 0.204. The van der Waals surface area contributed by atoms with Gasteiger partial charge in [0.15, 0.2) is 18.9 Å². The normalized spacial score (nSPS) is 25.5. The molecular weight excluding hydrogens is 1440 g/mol. The zero-order valence-electron chi connectivity index (χ0n) is 70.3. The number of unbranched alkanes of at least 4 members (excludes halogenated alkanes) is 30. The minimum Gasteiger partial charge on any atom is -0.394 e. The van der Waals surface area contributed by atoms with E-state index >= 15 is 0 Å². The Hall–Kier alpha value is -4.59. The molecule has 12 N–H and O–H groups in total. The molecule has 3 fully saturated rings. The summed E-state index contributed by atoms with van der Waals surface area (Å²) >= 11 is 0. The van der Waals surface area contributed by atoms with Gasteiger partial charge in [-0.05, 0) is 122 Å². The zero-order valence-corrected chi connectivity index (χ0v) is 70.3. The van der Waals surface area contributed by atoms with Crippen LogP contribution in [0.2, 0.25) is 0 Å². The van der Waals surface area contributed by atoms with E-state index in [9.17, 15) is 61.0 Å². The van der Waals surface area contributed by atoms with E-state index in [4.69, 9.17) is 28.4 Å². The number of aliphatic hydroxyl groups excluding tert-OH is 11. The summed E-state index contributed by atoms with van der Waals surface area (Å²) in [6.07, 6.45) is 81.0. The molecule has 3 heterocycles. The molecule has 0 radical (unpaired) electrons. The van der Waals surface area contributed by atoms with Gasteiger partial charge < -0.3 is 89.9 Å². The lowest BCUT2D eigenvalue weighted by molar-refractivity contribution is -0.379. The van der Waals surface area contributed by atoms with Crippen LogP contribution in [0.4, 0.5) is 0 Å². The van der Waals surface area contributed by atoms with Gasteiger partial charge in [0.25, 0.3) is 0 Å². The Kier molecular flexibility index (Phi) is 65.8. The SMILES string of the molecule is CC/C=C\C/C=C\C/C=C\C/C=C\C/C=C\C/C=C\C/C=C\C/C=C\C/C=C\C/C=C\CCCCCCCCC(=O)NC(COC1OC(CO)C(OC2OC(CO)C(OC3OC(CO)C(O)C(O)C3O)C(O)C2O)C(O)C1O)C(O)/C=C/CC/C=C/CC/C=C/CCCCCCCCCCCCCCCCCCCCCCCC. The first kappa shape index (κ1) is 104. The van der Waals surface area contributed by atoms with Crippen molar-refractivity contribution in [3.8, 4) is 0 Å². The van der Waals surface area contributed by atoms with Gasteiger partial charge in [-0.2, -0.15) is 0 Å². The first-order valence-electron chi connectivity index (χ1n) is 44.7. The molecule has 3 aliphatic heterocycles. The van der Waals surface area contributed by atoms with Crippen molar-refractivity contribution in [1.82, 2.24) is 5.32 Å². The maximum atomic E-state index is 13.5. The minimum atomic E-state index is -1.99. The van der Waals surface area contributed by atoms with E-state index < -0.39 is 124 Å². The number of amides is 1. The molecule has 114 heavy (non-hydrogen) atoms. The third kappa shape index (κ3) is 50.4. The second-order valence-corrected chi connectivity index (χ2v) is 31.0. The second kappa shape index (κ2) is 72.4. The van der Waals surface area contributed by atoms with Gasteiger partial charge in [-0.1, -0.05) is 332 Å². The van der Waals surface area contributed by atoms with Crippen LogP contribution >= 0.6 is 0 Å². The number of hydrogen-bond donors (Lipinski definition) is 12. The zero-order chi connectivity index (χ0) is 82.4. The van der Waals surface area contributed by atoms with Crippen LogP contribution in [0.25, 0.3) is 0 Å². The molecule has 19 heteroatoms. The Morgan fingerprint density at radius 1 is 0.325 bits per heavy atom. The third-order valence-corrected chi connectivity index (χ3v) is 21.0. The summed E-state index contributed by atoms with van der Waals surface area (Å²) in [5, 5.41) is 121. The standard InChI is InChI=1S/C95H159NO18/c1-3-5-7-9-11-13-15-17-19-21-23-25-27-29-31-33-35-37-38-39-40-41-43-45-47-49-51-53-55-57-59-61-63-65-67-69-71-73-83(101)96-78(79(100)72-70-68-66-64-62-60-58-56-54-52-50-48-46-44-42-36-34-32-30-28-26-24-22-20-18-16-14-12-10-8-6-4-2)77-109-93-89(107)86(104)91(81(75-98)111-93)114-95-90(108)87(105)92(82(76-99)112-95)113-94-88(106)85(103)84(102)80(74-97)110-94/h5,7,11,13,17,19,23,25,29,31,35,37,39-40,43,45,49,51,54-57,62,64,70,72,78-82,84-95,97-100,102-108H,3-4,6,8-10,12,14-16,18,20-22,24,26-28,30,32-34,36,38,41-42,44,46-48,50,52-53,58-61,63,65-69,71,73-77H2,1-2H3,(H,96,101)/b7-5-,13-11-,19-17-,25-23-,31-29-,37-35-,40-39-,45-43-,51-49-,56-54+,57-55-,64-62+,72-70+. The van der Waals surface area contributed by atoms with Crippen LogP contribution in [0.1, 0.15) is 303 Å². The highest BCUT2D eigenvalue weighted by Gasteiger charge is 2.54. The van der Waals surface area contributed by atoms with E-state index in [2.05, 4.69) is 165 Å². The summed E-state index contributed by atoms with van der Waals surface area (Å²) in [6.45, 7) is 1.60. The summed E-state index contributed by atoms with van der Waals surface area (Å²) in [6, 6.07) is -1.02. The molecule has 3 saturated heterocycles. The monoisotopic (exact) mass is 1600 g/mol.